The summed E-state index contributed by atoms with van der Waals surface area (Å²) in [6.45, 7) is 4.43. The van der Waals surface area contributed by atoms with E-state index in [0.717, 1.165) is 23.5 Å². The topological polar surface area (TPSA) is 63.4 Å². The van der Waals surface area contributed by atoms with Gasteiger partial charge in [0.25, 0.3) is 0 Å². The van der Waals surface area contributed by atoms with E-state index in [1.54, 1.807) is 18.7 Å². The predicted octanol–water partition coefficient (Wildman–Crippen LogP) is 1.89. The first kappa shape index (κ1) is 14.5. The average molecular weight is 300 g/mol. The Labute approximate surface area is 119 Å². The average Bonchev–Trinajstić information content (AvgIpc) is 2.37. The van der Waals surface area contributed by atoms with Crippen LogP contribution < -0.4 is 10.6 Å². The summed E-state index contributed by atoms with van der Waals surface area (Å²) in [5, 5.41) is -0.433. The number of aryl methyl sites for hydroxylation is 1. The van der Waals surface area contributed by atoms with E-state index in [0.29, 0.717) is 11.4 Å². The van der Waals surface area contributed by atoms with Crippen molar-refractivity contribution in [2.45, 2.75) is 19.2 Å². The molecule has 106 valence electrons. The number of nitrogen functional groups attached to an aromatic ring is 1. The van der Waals surface area contributed by atoms with E-state index < -0.39 is 15.2 Å². The van der Waals surface area contributed by atoms with Gasteiger partial charge >= 0.3 is 0 Å². The monoisotopic (exact) mass is 300 g/mol. The zero-order chi connectivity index (χ0) is 14.0. The lowest BCUT2D eigenvalue weighted by Gasteiger charge is -2.36. The first-order valence-corrected chi connectivity index (χ1v) is 9.24. The first-order chi connectivity index (χ1) is 8.94. The Morgan fingerprint density at radius 1 is 1.42 bits per heavy atom. The number of sulfone groups is 1. The Balaban J connectivity index is 2.39. The maximum atomic E-state index is 12.2. The first-order valence-electron chi connectivity index (χ1n) is 6.37. The minimum atomic E-state index is -3.08. The van der Waals surface area contributed by atoms with Gasteiger partial charge in [0.1, 0.15) is 5.37 Å². The van der Waals surface area contributed by atoms with Gasteiger partial charge in [0.05, 0.1) is 0 Å². The minimum absolute atomic E-state index is 0.177. The highest BCUT2D eigenvalue weighted by atomic mass is 32.2. The summed E-state index contributed by atoms with van der Waals surface area (Å²) >= 11 is 1.70. The molecule has 0 radical (unpaired) electrons. The number of benzene rings is 1. The second kappa shape index (κ2) is 5.63. The lowest BCUT2D eigenvalue weighted by molar-refractivity contribution is 0.579. The van der Waals surface area contributed by atoms with Crippen molar-refractivity contribution in [1.29, 1.82) is 0 Å². The molecular weight excluding hydrogens is 280 g/mol. The minimum Gasteiger partial charge on any atom is -0.399 e. The number of nitrogens with two attached hydrogens (primary N) is 1. The number of nitrogens with zero attached hydrogens (tertiary/aromatic N) is 1. The molecule has 1 aliphatic heterocycles. The van der Waals surface area contributed by atoms with E-state index in [4.69, 9.17) is 5.73 Å². The number of hydrogen-bond donors (Lipinski definition) is 1. The van der Waals surface area contributed by atoms with E-state index >= 15 is 0 Å². The van der Waals surface area contributed by atoms with E-state index in [1.165, 1.54) is 0 Å². The molecule has 2 N–H and O–H groups in total. The molecule has 6 heteroatoms. The molecule has 1 unspecified atom stereocenters. The number of thioether (sulfide) groups is 1. The summed E-state index contributed by atoms with van der Waals surface area (Å²) in [5.41, 5.74) is 8.53. The van der Waals surface area contributed by atoms with Crippen LogP contribution in [0.15, 0.2) is 18.2 Å². The van der Waals surface area contributed by atoms with Crippen molar-refractivity contribution in [3.8, 4) is 0 Å². The number of rotatable bonds is 3. The lowest BCUT2D eigenvalue weighted by atomic mass is 10.2. The van der Waals surface area contributed by atoms with Crippen LogP contribution in [0.1, 0.15) is 12.5 Å². The van der Waals surface area contributed by atoms with Gasteiger partial charge in [-0.1, -0.05) is 6.92 Å². The molecule has 1 aromatic rings. The highest BCUT2D eigenvalue weighted by molar-refractivity contribution is 8.01. The summed E-state index contributed by atoms with van der Waals surface area (Å²) in [6.07, 6.45) is 0. The highest BCUT2D eigenvalue weighted by Gasteiger charge is 2.33. The summed E-state index contributed by atoms with van der Waals surface area (Å²) < 4.78 is 24.4. The largest absolute Gasteiger partial charge is 0.399 e. The third-order valence-electron chi connectivity index (χ3n) is 3.32. The van der Waals surface area contributed by atoms with Gasteiger partial charge in [0.2, 0.25) is 0 Å². The Kier molecular flexibility index (Phi) is 4.30. The maximum absolute atomic E-state index is 12.2. The van der Waals surface area contributed by atoms with Gasteiger partial charge < -0.3 is 10.6 Å². The molecule has 0 aliphatic carbocycles. The van der Waals surface area contributed by atoms with Crippen molar-refractivity contribution in [3.05, 3.63) is 23.8 Å². The zero-order valence-corrected chi connectivity index (χ0v) is 12.9. The molecular formula is C13H20N2O2S2. The molecule has 0 spiro atoms. The Morgan fingerprint density at radius 3 is 2.79 bits per heavy atom. The summed E-state index contributed by atoms with van der Waals surface area (Å²) in [6, 6.07) is 5.76. The Morgan fingerprint density at radius 2 is 2.16 bits per heavy atom. The van der Waals surface area contributed by atoms with Crippen LogP contribution in [0.3, 0.4) is 0 Å². The van der Waals surface area contributed by atoms with Crippen LogP contribution in [0.25, 0.3) is 0 Å². The third-order valence-corrected chi connectivity index (χ3v) is 6.61. The molecule has 1 aromatic carbocycles. The molecule has 4 nitrogen and oxygen atoms in total. The van der Waals surface area contributed by atoms with E-state index in [2.05, 4.69) is 0 Å². The molecule has 2 rings (SSSR count). The fourth-order valence-electron chi connectivity index (χ4n) is 2.32. The second-order valence-corrected chi connectivity index (χ2v) is 8.37. The third kappa shape index (κ3) is 3.17. The highest BCUT2D eigenvalue weighted by Crippen LogP contribution is 2.29. The van der Waals surface area contributed by atoms with Crippen LogP contribution in [0.2, 0.25) is 0 Å². The van der Waals surface area contributed by atoms with Crippen LogP contribution in [0, 0.1) is 6.92 Å². The van der Waals surface area contributed by atoms with Gasteiger partial charge in [0, 0.05) is 35.2 Å². The van der Waals surface area contributed by atoms with Gasteiger partial charge in [-0.05, 0) is 30.7 Å². The smallest absolute Gasteiger partial charge is 0.171 e. The van der Waals surface area contributed by atoms with E-state index in [9.17, 15) is 8.42 Å². The summed E-state index contributed by atoms with van der Waals surface area (Å²) in [4.78, 5) is 1.98. The van der Waals surface area contributed by atoms with Crippen molar-refractivity contribution in [2.75, 3.05) is 34.4 Å². The maximum Gasteiger partial charge on any atom is 0.171 e. The van der Waals surface area contributed by atoms with Crippen LogP contribution in [0.4, 0.5) is 11.4 Å². The zero-order valence-electron chi connectivity index (χ0n) is 11.3. The molecule has 0 amide bonds. The molecule has 0 bridgehead atoms. The second-order valence-electron chi connectivity index (χ2n) is 4.78. The van der Waals surface area contributed by atoms with Gasteiger partial charge in [-0.2, -0.15) is 11.8 Å². The van der Waals surface area contributed by atoms with Crippen molar-refractivity contribution in [1.82, 2.24) is 0 Å². The van der Waals surface area contributed by atoms with Crippen molar-refractivity contribution in [3.63, 3.8) is 0 Å². The van der Waals surface area contributed by atoms with Crippen molar-refractivity contribution in [2.24, 2.45) is 0 Å². The Bertz CT molecular complexity index is 538. The fraction of sp³-hybridized carbons (Fsp3) is 0.538. The normalized spacial score (nSPS) is 20.5. The van der Waals surface area contributed by atoms with Gasteiger partial charge in [0.15, 0.2) is 9.84 Å². The number of hydrogen-bond acceptors (Lipinski definition) is 5. The molecule has 1 saturated heterocycles. The van der Waals surface area contributed by atoms with Gasteiger partial charge in [-0.25, -0.2) is 8.42 Å². The molecule has 1 aliphatic rings. The molecule has 0 aromatic heterocycles. The van der Waals surface area contributed by atoms with E-state index in [1.807, 2.05) is 30.0 Å². The molecule has 1 atom stereocenters. The van der Waals surface area contributed by atoms with Crippen LogP contribution in [-0.2, 0) is 9.84 Å². The SMILES string of the molecule is CCS(=O)(=O)C1CSCCN1c1cc(C)cc(N)c1. The van der Waals surface area contributed by atoms with Gasteiger partial charge in [-0.15, -0.1) is 0 Å². The fourth-order valence-corrected chi connectivity index (χ4v) is 5.32. The van der Waals surface area contributed by atoms with Crippen LogP contribution >= 0.6 is 11.8 Å². The van der Waals surface area contributed by atoms with E-state index in [-0.39, 0.29) is 5.75 Å². The lowest BCUT2D eigenvalue weighted by Crippen LogP contribution is -2.48. The van der Waals surface area contributed by atoms with Gasteiger partial charge in [-0.3, -0.25) is 0 Å². The molecule has 19 heavy (non-hydrogen) atoms. The number of anilines is 2. The van der Waals surface area contributed by atoms with Crippen molar-refractivity contribution >= 4 is 33.0 Å². The molecule has 0 saturated carbocycles. The molecule has 1 heterocycles. The van der Waals surface area contributed by atoms with Crippen LogP contribution in [-0.4, -0.2) is 37.6 Å². The standard InChI is InChI=1S/C13H20N2O2S2/c1-3-19(16,17)13-9-18-5-4-15(13)12-7-10(2)6-11(14)8-12/h6-8,13H,3-5,9,14H2,1-2H3. The predicted molar refractivity (Wildman–Crippen MR) is 83.5 cm³/mol. The Hall–Kier alpha value is -0.880. The summed E-state index contributed by atoms with van der Waals surface area (Å²) in [5.74, 6) is 1.75. The molecule has 1 fully saturated rings. The van der Waals surface area contributed by atoms with Crippen LogP contribution in [0.5, 0.6) is 0 Å². The van der Waals surface area contributed by atoms with Crippen molar-refractivity contribution < 1.29 is 8.42 Å². The summed E-state index contributed by atoms with van der Waals surface area (Å²) in [7, 11) is -3.08. The quantitative estimate of drug-likeness (QED) is 0.864.